The first-order valence-corrected chi connectivity index (χ1v) is 14.8. The van der Waals surface area contributed by atoms with Crippen molar-refractivity contribution in [2.75, 3.05) is 0 Å². The summed E-state index contributed by atoms with van der Waals surface area (Å²) in [5.41, 5.74) is 2.63. The largest absolute Gasteiger partial charge is 0.0610 e. The third-order valence-corrected chi connectivity index (χ3v) is 9.83. The van der Waals surface area contributed by atoms with Crippen LogP contribution in [0.15, 0.2) is 133 Å². The Kier molecular flexibility index (Phi) is 4.26. The topological polar surface area (TPSA) is 0 Å². The molecule has 1 radical (unpaired) electrons. The molecule has 0 heterocycles. The molecule has 0 aliphatic heterocycles. The van der Waals surface area contributed by atoms with Gasteiger partial charge in [-0.2, -0.15) is 0 Å². The van der Waals surface area contributed by atoms with Crippen molar-refractivity contribution >= 4 is 86.2 Å². The molecule has 0 fully saturated rings. The molecule has 0 bridgehead atoms. The van der Waals surface area contributed by atoms with Gasteiger partial charge in [0.25, 0.3) is 0 Å². The summed E-state index contributed by atoms with van der Waals surface area (Å²) in [4.78, 5) is 0. The molecule has 0 aliphatic carbocycles. The van der Waals surface area contributed by atoms with Crippen molar-refractivity contribution in [1.29, 1.82) is 0 Å². The van der Waals surface area contributed by atoms with E-state index in [0.29, 0.717) is 0 Å². The molecule has 0 N–H and O–H groups in total. The Labute approximate surface area is 243 Å². The van der Waals surface area contributed by atoms with Crippen LogP contribution >= 0.6 is 0 Å². The van der Waals surface area contributed by atoms with Crippen LogP contribution in [0.2, 0.25) is 0 Å². The highest BCUT2D eigenvalue weighted by Crippen LogP contribution is 2.47. The predicted octanol–water partition coefficient (Wildman–Crippen LogP) is 11.8. The van der Waals surface area contributed by atoms with Crippen molar-refractivity contribution in [3.05, 3.63) is 151 Å². The molecule has 0 spiro atoms. The number of fused-ring (bicyclic) bond motifs is 4. The first-order valence-electron chi connectivity index (χ1n) is 14.8. The molecule has 0 saturated carbocycles. The summed E-state index contributed by atoms with van der Waals surface area (Å²) >= 11 is 0. The van der Waals surface area contributed by atoms with Crippen LogP contribution in [0.25, 0.3) is 86.2 Å². The average molecular weight is 530 g/mol. The van der Waals surface area contributed by atoms with Gasteiger partial charge in [0.15, 0.2) is 0 Å². The fraction of sp³-hybridized carbons (Fsp3) is 0.0238. The minimum Gasteiger partial charge on any atom is -0.0610 e. The van der Waals surface area contributed by atoms with Gasteiger partial charge in [0.2, 0.25) is 0 Å². The predicted molar refractivity (Wildman–Crippen MR) is 182 cm³/mol. The summed E-state index contributed by atoms with van der Waals surface area (Å²) < 4.78 is 0. The van der Waals surface area contributed by atoms with Gasteiger partial charge in [-0.3, -0.25) is 0 Å². The van der Waals surface area contributed by atoms with Crippen molar-refractivity contribution in [3.8, 4) is 0 Å². The third kappa shape index (κ3) is 2.72. The number of benzene rings is 10. The molecule has 0 amide bonds. The summed E-state index contributed by atoms with van der Waals surface area (Å²) in [6.45, 7) is 2.34. The molecule has 0 atom stereocenters. The van der Waals surface area contributed by atoms with Crippen LogP contribution in [0.5, 0.6) is 0 Å². The molecule has 10 rings (SSSR count). The van der Waals surface area contributed by atoms with E-state index in [1.807, 2.05) is 0 Å². The Hall–Kier alpha value is -5.20. The molecule has 0 heteroatoms. The Morgan fingerprint density at radius 1 is 0.286 bits per heavy atom. The van der Waals surface area contributed by atoms with E-state index in [9.17, 15) is 0 Å². The summed E-state index contributed by atoms with van der Waals surface area (Å²) in [7, 11) is 0. The third-order valence-electron chi connectivity index (χ3n) is 9.83. The molecule has 0 unspecified atom stereocenters. The van der Waals surface area contributed by atoms with Crippen LogP contribution in [0, 0.1) is 5.92 Å². The molecule has 0 nitrogen and oxygen atoms in total. The lowest BCUT2D eigenvalue weighted by Gasteiger charge is -2.23. The van der Waals surface area contributed by atoms with Gasteiger partial charge in [-0.25, -0.2) is 0 Å². The smallest absolute Gasteiger partial charge is 0.0322 e. The van der Waals surface area contributed by atoms with Crippen LogP contribution < -0.4 is 0 Å². The van der Waals surface area contributed by atoms with Gasteiger partial charge in [0.1, 0.15) is 0 Å². The monoisotopic (exact) mass is 529 g/mol. The molecule has 0 saturated heterocycles. The normalized spacial score (nSPS) is 12.6. The molecule has 10 aromatic rings. The minimum absolute atomic E-state index is 1.30. The van der Waals surface area contributed by atoms with Crippen LogP contribution in [-0.4, -0.2) is 0 Å². The maximum Gasteiger partial charge on any atom is 0.0322 e. The second kappa shape index (κ2) is 7.96. The molecule has 10 aromatic carbocycles. The summed E-state index contributed by atoms with van der Waals surface area (Å²) in [5.74, 6) is 1.32. The highest BCUT2D eigenvalue weighted by molar-refractivity contribution is 6.35. The van der Waals surface area contributed by atoms with E-state index in [2.05, 4.69) is 140 Å². The quantitative estimate of drug-likeness (QED) is 0.154. The molecular formula is C42H25. The molecular weight excluding hydrogens is 504 g/mol. The first kappa shape index (κ1) is 22.5. The zero-order valence-corrected chi connectivity index (χ0v) is 23.2. The van der Waals surface area contributed by atoms with Gasteiger partial charge in [0.05, 0.1) is 0 Å². The minimum atomic E-state index is 1.30. The lowest BCUT2D eigenvalue weighted by Crippen LogP contribution is -2.02. The van der Waals surface area contributed by atoms with E-state index in [-0.39, 0.29) is 0 Å². The van der Waals surface area contributed by atoms with Gasteiger partial charge < -0.3 is 0 Å². The van der Waals surface area contributed by atoms with Crippen LogP contribution in [-0.2, 0) is 0 Å². The zero-order valence-electron chi connectivity index (χ0n) is 23.2. The van der Waals surface area contributed by atoms with Crippen LogP contribution in [0.4, 0.5) is 0 Å². The van der Waals surface area contributed by atoms with E-state index in [1.165, 1.54) is 103 Å². The highest BCUT2D eigenvalue weighted by Gasteiger charge is 2.23. The average Bonchev–Trinajstić information content (AvgIpc) is 3.05. The number of hydrogen-bond acceptors (Lipinski definition) is 0. The van der Waals surface area contributed by atoms with Gasteiger partial charge in [-0.1, -0.05) is 140 Å². The highest BCUT2D eigenvalue weighted by atomic mass is 14.3. The van der Waals surface area contributed by atoms with Crippen molar-refractivity contribution in [3.63, 3.8) is 0 Å². The van der Waals surface area contributed by atoms with Crippen molar-refractivity contribution in [2.24, 2.45) is 0 Å². The van der Waals surface area contributed by atoms with E-state index in [1.54, 1.807) is 0 Å². The second-order valence-electron chi connectivity index (χ2n) is 11.8. The zero-order chi connectivity index (χ0) is 27.5. The molecule has 0 aliphatic rings. The Morgan fingerprint density at radius 2 is 0.595 bits per heavy atom. The fourth-order valence-electron chi connectivity index (χ4n) is 8.08. The van der Waals surface area contributed by atoms with Gasteiger partial charge in [-0.15, -0.1) is 0 Å². The maximum absolute atomic E-state index is 2.36. The van der Waals surface area contributed by atoms with E-state index in [4.69, 9.17) is 0 Å². The summed E-state index contributed by atoms with van der Waals surface area (Å²) in [6.07, 6.45) is 0. The van der Waals surface area contributed by atoms with Crippen LogP contribution in [0.1, 0.15) is 18.1 Å². The maximum atomic E-state index is 2.36. The van der Waals surface area contributed by atoms with Crippen molar-refractivity contribution in [1.82, 2.24) is 0 Å². The Bertz CT molecular complexity index is 2490. The number of hydrogen-bond donors (Lipinski definition) is 0. The van der Waals surface area contributed by atoms with Gasteiger partial charge >= 0.3 is 0 Å². The van der Waals surface area contributed by atoms with E-state index < -0.39 is 0 Å². The Morgan fingerprint density at radius 3 is 0.976 bits per heavy atom. The van der Waals surface area contributed by atoms with E-state index in [0.717, 1.165) is 0 Å². The van der Waals surface area contributed by atoms with Crippen LogP contribution in [0.3, 0.4) is 0 Å². The first-order chi connectivity index (χ1) is 20.8. The summed E-state index contributed by atoms with van der Waals surface area (Å²) in [5, 5.41) is 21.4. The SMILES string of the molecule is C[C](c1ccc2cccc3c4cccc5cccc(c1c23)c54)c1ccc2cccc3c4cccc5cccc(c1c23)c54. The summed E-state index contributed by atoms with van der Waals surface area (Å²) in [6, 6.07) is 50.0. The molecule has 42 heavy (non-hydrogen) atoms. The van der Waals surface area contributed by atoms with Crippen molar-refractivity contribution in [2.45, 2.75) is 6.92 Å². The Balaban J connectivity index is 1.39. The lowest BCUT2D eigenvalue weighted by atomic mass is 9.80. The number of rotatable bonds is 2. The van der Waals surface area contributed by atoms with Gasteiger partial charge in [0, 0.05) is 5.92 Å². The molecule has 0 aromatic heterocycles. The fourth-order valence-corrected chi connectivity index (χ4v) is 8.08. The lowest BCUT2D eigenvalue weighted by molar-refractivity contribution is 1.23. The van der Waals surface area contributed by atoms with Crippen molar-refractivity contribution < 1.29 is 0 Å². The standard InChI is InChI=1S/C42H25/c1-24(29-22-20-27-12-4-16-33-31-14-2-8-25-10-6-18-35(37(25)31)41(29)39(27)33)30-23-21-28-13-5-17-34-32-15-3-9-26-11-7-19-36(38(26)32)42(30)40(28)34/h2-23H,1H3. The van der Waals surface area contributed by atoms with Gasteiger partial charge in [-0.05, 0) is 97.3 Å². The second-order valence-corrected chi connectivity index (χ2v) is 11.8. The molecule has 193 valence electrons. The van der Waals surface area contributed by atoms with E-state index >= 15 is 0 Å².